The quantitative estimate of drug-likeness (QED) is 0.308. The summed E-state index contributed by atoms with van der Waals surface area (Å²) in [7, 11) is 1.60. The number of aliphatic hydroxyl groups excluding tert-OH is 1. The van der Waals surface area contributed by atoms with Gasteiger partial charge in [-0.2, -0.15) is 0 Å². The predicted molar refractivity (Wildman–Crippen MR) is 113 cm³/mol. The van der Waals surface area contributed by atoms with Crippen LogP contribution in [0.5, 0.6) is 11.5 Å². The van der Waals surface area contributed by atoms with Crippen LogP contribution in [0.2, 0.25) is 0 Å². The molecule has 0 aliphatic carbocycles. The highest BCUT2D eigenvalue weighted by Gasteiger charge is 2.11. The summed E-state index contributed by atoms with van der Waals surface area (Å²) >= 11 is 0. The van der Waals surface area contributed by atoms with Crippen LogP contribution in [0.3, 0.4) is 0 Å². The van der Waals surface area contributed by atoms with Gasteiger partial charge in [-0.05, 0) is 38.1 Å². The van der Waals surface area contributed by atoms with Gasteiger partial charge in [-0.3, -0.25) is 0 Å². The van der Waals surface area contributed by atoms with Crippen molar-refractivity contribution in [2.24, 2.45) is 4.99 Å². The van der Waals surface area contributed by atoms with E-state index in [1.54, 1.807) is 19.2 Å². The fraction of sp³-hybridized carbons (Fsp3) is 0.389. The lowest BCUT2D eigenvalue weighted by Crippen LogP contribution is -2.31. The second-order valence-corrected chi connectivity index (χ2v) is 5.17. The highest BCUT2D eigenvalue weighted by Crippen LogP contribution is 2.30. The van der Waals surface area contributed by atoms with E-state index in [4.69, 9.17) is 13.9 Å². The smallest absolute Gasteiger partial charge is 0.195 e. The third-order valence-corrected chi connectivity index (χ3v) is 3.36. The minimum absolute atomic E-state index is 0. The van der Waals surface area contributed by atoms with Crippen molar-refractivity contribution in [3.63, 3.8) is 0 Å². The van der Waals surface area contributed by atoms with Gasteiger partial charge < -0.3 is 29.6 Å². The van der Waals surface area contributed by atoms with Crippen molar-refractivity contribution in [1.29, 1.82) is 0 Å². The lowest BCUT2D eigenvalue weighted by atomic mass is 10.2. The molecule has 0 aliphatic rings. The maximum Gasteiger partial charge on any atom is 0.195 e. The van der Waals surface area contributed by atoms with E-state index < -0.39 is 6.10 Å². The number of aliphatic hydroxyl groups is 1. The molecule has 1 aromatic heterocycles. The van der Waals surface area contributed by atoms with Gasteiger partial charge in [0.15, 0.2) is 17.5 Å². The van der Waals surface area contributed by atoms with Gasteiger partial charge in [0, 0.05) is 18.3 Å². The van der Waals surface area contributed by atoms with Gasteiger partial charge in [0.1, 0.15) is 11.9 Å². The molecule has 0 amide bonds. The molecular formula is C18H26IN3O4. The maximum atomic E-state index is 10.1. The number of benzene rings is 1. The molecule has 2 aromatic rings. The minimum atomic E-state index is -0.791. The third kappa shape index (κ3) is 6.41. The molecule has 1 unspecified atom stereocenters. The van der Waals surface area contributed by atoms with Crippen LogP contribution in [0.15, 0.2) is 46.0 Å². The summed E-state index contributed by atoms with van der Waals surface area (Å²) in [5.41, 5.74) is 0.802. The molecule has 3 N–H and O–H groups in total. The Morgan fingerprint density at radius 1 is 1.27 bits per heavy atom. The van der Waals surface area contributed by atoms with Crippen molar-refractivity contribution in [3.05, 3.63) is 42.4 Å². The highest BCUT2D eigenvalue weighted by atomic mass is 127. The summed E-state index contributed by atoms with van der Waals surface area (Å²) in [4.78, 5) is 4.40. The molecule has 0 fully saturated rings. The van der Waals surface area contributed by atoms with Gasteiger partial charge in [0.2, 0.25) is 0 Å². The molecule has 1 atom stereocenters. The lowest BCUT2D eigenvalue weighted by molar-refractivity contribution is 0.158. The van der Waals surface area contributed by atoms with Crippen molar-refractivity contribution >= 4 is 35.6 Å². The standard InChI is InChI=1S/C18H25N3O4.HI/c1-4-19-18(20-12-14(22)15-7-6-10-25-15)21-13-8-9-16(23-3)17(11-13)24-5-2;/h6-11,14,22H,4-5,12H2,1-3H3,(H2,19,20,21);1H. The van der Waals surface area contributed by atoms with Gasteiger partial charge in [0.25, 0.3) is 0 Å². The summed E-state index contributed by atoms with van der Waals surface area (Å²) in [6.45, 7) is 5.30. The van der Waals surface area contributed by atoms with Crippen molar-refractivity contribution < 1.29 is 19.0 Å². The van der Waals surface area contributed by atoms with Crippen LogP contribution in [0.4, 0.5) is 5.69 Å². The number of anilines is 1. The number of rotatable bonds is 8. The Labute approximate surface area is 170 Å². The van der Waals surface area contributed by atoms with Crippen LogP contribution in [-0.4, -0.2) is 37.9 Å². The normalized spacial score (nSPS) is 12.1. The first-order valence-electron chi connectivity index (χ1n) is 8.25. The largest absolute Gasteiger partial charge is 0.493 e. The summed E-state index contributed by atoms with van der Waals surface area (Å²) < 4.78 is 16.0. The Kier molecular flexibility index (Phi) is 9.89. The molecule has 0 bridgehead atoms. The van der Waals surface area contributed by atoms with E-state index in [0.717, 1.165) is 5.69 Å². The molecule has 7 nitrogen and oxygen atoms in total. The van der Waals surface area contributed by atoms with E-state index in [-0.39, 0.29) is 30.5 Å². The fourth-order valence-electron chi connectivity index (χ4n) is 2.22. The van der Waals surface area contributed by atoms with Gasteiger partial charge in [-0.1, -0.05) is 0 Å². The van der Waals surface area contributed by atoms with E-state index in [0.29, 0.717) is 36.4 Å². The second kappa shape index (κ2) is 11.6. The van der Waals surface area contributed by atoms with Gasteiger partial charge in [0.05, 0.1) is 26.5 Å². The molecule has 144 valence electrons. The summed E-state index contributed by atoms with van der Waals surface area (Å²) in [5.74, 6) is 2.37. The van der Waals surface area contributed by atoms with Gasteiger partial charge in [-0.15, -0.1) is 24.0 Å². The third-order valence-electron chi connectivity index (χ3n) is 3.36. The van der Waals surface area contributed by atoms with E-state index >= 15 is 0 Å². The highest BCUT2D eigenvalue weighted by molar-refractivity contribution is 14.0. The first kappa shape index (κ1) is 22.1. The van der Waals surface area contributed by atoms with E-state index in [9.17, 15) is 5.11 Å². The number of guanidine groups is 1. The zero-order valence-corrected chi connectivity index (χ0v) is 17.5. The summed E-state index contributed by atoms with van der Waals surface area (Å²) in [6, 6.07) is 9.00. The fourth-order valence-corrected chi connectivity index (χ4v) is 2.22. The molecule has 0 saturated carbocycles. The number of methoxy groups -OCH3 is 1. The van der Waals surface area contributed by atoms with E-state index in [2.05, 4.69) is 15.6 Å². The number of aliphatic imine (C=N–C) groups is 1. The minimum Gasteiger partial charge on any atom is -0.493 e. The molecule has 1 heterocycles. The van der Waals surface area contributed by atoms with Crippen molar-refractivity contribution in [1.82, 2.24) is 5.32 Å². The Morgan fingerprint density at radius 3 is 2.69 bits per heavy atom. The zero-order chi connectivity index (χ0) is 18.1. The topological polar surface area (TPSA) is 88.3 Å². The number of ether oxygens (including phenoxy) is 2. The summed E-state index contributed by atoms with van der Waals surface area (Å²) in [6.07, 6.45) is 0.735. The Hall–Kier alpha value is -1.94. The molecule has 0 spiro atoms. The van der Waals surface area contributed by atoms with Crippen LogP contribution < -0.4 is 20.1 Å². The van der Waals surface area contributed by atoms with Crippen molar-refractivity contribution in [2.75, 3.05) is 32.1 Å². The average molecular weight is 475 g/mol. The van der Waals surface area contributed by atoms with Crippen LogP contribution in [-0.2, 0) is 0 Å². The lowest BCUT2D eigenvalue weighted by Gasteiger charge is -2.15. The first-order chi connectivity index (χ1) is 12.2. The maximum absolute atomic E-state index is 10.1. The van der Waals surface area contributed by atoms with Crippen LogP contribution in [0.25, 0.3) is 0 Å². The van der Waals surface area contributed by atoms with Gasteiger partial charge >= 0.3 is 0 Å². The van der Waals surface area contributed by atoms with Crippen LogP contribution in [0.1, 0.15) is 25.7 Å². The van der Waals surface area contributed by atoms with E-state index in [1.807, 2.05) is 32.0 Å². The number of furan rings is 1. The van der Waals surface area contributed by atoms with Crippen LogP contribution >= 0.6 is 24.0 Å². The van der Waals surface area contributed by atoms with Crippen molar-refractivity contribution in [3.8, 4) is 11.5 Å². The number of halogens is 1. The number of hydrogen-bond acceptors (Lipinski definition) is 5. The molecule has 8 heteroatoms. The van der Waals surface area contributed by atoms with Gasteiger partial charge in [-0.25, -0.2) is 4.99 Å². The average Bonchev–Trinajstić information content (AvgIpc) is 3.15. The molecule has 0 aliphatic heterocycles. The molecule has 1 aromatic carbocycles. The molecule has 0 radical (unpaired) electrons. The molecule has 26 heavy (non-hydrogen) atoms. The zero-order valence-electron chi connectivity index (χ0n) is 15.2. The first-order valence-corrected chi connectivity index (χ1v) is 8.25. The SMILES string of the molecule is CCNC(=NCC(O)c1ccco1)Nc1ccc(OC)c(OCC)c1.I. The Bertz CT molecular complexity index is 677. The number of nitrogens with zero attached hydrogens (tertiary/aromatic N) is 1. The summed E-state index contributed by atoms with van der Waals surface area (Å²) in [5, 5.41) is 16.4. The predicted octanol–water partition coefficient (Wildman–Crippen LogP) is 3.42. The Morgan fingerprint density at radius 2 is 2.08 bits per heavy atom. The monoisotopic (exact) mass is 475 g/mol. The molecule has 0 saturated heterocycles. The molecular weight excluding hydrogens is 449 g/mol. The number of nitrogens with one attached hydrogen (secondary N) is 2. The van der Waals surface area contributed by atoms with E-state index in [1.165, 1.54) is 6.26 Å². The second-order valence-electron chi connectivity index (χ2n) is 5.17. The number of hydrogen-bond donors (Lipinski definition) is 3. The van der Waals surface area contributed by atoms with Crippen LogP contribution in [0, 0.1) is 0 Å². The van der Waals surface area contributed by atoms with Crippen molar-refractivity contribution in [2.45, 2.75) is 20.0 Å². The molecule has 2 rings (SSSR count). The Balaban J connectivity index is 0.00000338.